The lowest BCUT2D eigenvalue weighted by molar-refractivity contribution is -0.127. The van der Waals surface area contributed by atoms with Crippen molar-refractivity contribution < 1.29 is 33.4 Å². The van der Waals surface area contributed by atoms with Crippen LogP contribution in [0, 0.1) is 15.9 Å². The van der Waals surface area contributed by atoms with Crippen molar-refractivity contribution in [2.24, 2.45) is 0 Å². The molecule has 0 spiro atoms. The average molecular weight is 669 g/mol. The van der Waals surface area contributed by atoms with Crippen LogP contribution >= 0.6 is 46.0 Å². The Morgan fingerprint density at radius 1 is 1.26 bits per heavy atom. The van der Waals surface area contributed by atoms with Crippen molar-refractivity contribution in [3.8, 4) is 23.8 Å². The Labute approximate surface area is 242 Å². The summed E-state index contributed by atoms with van der Waals surface area (Å²) >= 11 is 8.85. The van der Waals surface area contributed by atoms with Gasteiger partial charge in [-0.25, -0.2) is 4.79 Å². The number of nitrogens with one attached hydrogen (secondary N) is 1. The molecule has 0 bridgehead atoms. The first-order valence-electron chi connectivity index (χ1n) is 11.1. The van der Waals surface area contributed by atoms with Gasteiger partial charge in [-0.3, -0.25) is 19.3 Å². The number of halogens is 2. The van der Waals surface area contributed by atoms with Crippen LogP contribution in [-0.2, 0) is 14.3 Å². The fraction of sp³-hybridized carbons (Fsp3) is 0.231. The average Bonchev–Trinajstić information content (AvgIpc) is 3.14. The molecule has 1 saturated heterocycles. The van der Waals surface area contributed by atoms with Gasteiger partial charge in [0.25, 0.3) is 11.1 Å². The van der Waals surface area contributed by atoms with E-state index >= 15 is 0 Å². The van der Waals surface area contributed by atoms with E-state index in [4.69, 9.17) is 32.2 Å². The number of ether oxygens (including phenoxy) is 3. The maximum Gasteiger partial charge on any atom is 0.339 e. The molecule has 0 radical (unpaired) electrons. The van der Waals surface area contributed by atoms with E-state index in [1.54, 1.807) is 12.1 Å². The Balaban J connectivity index is 1.72. The fourth-order valence-corrected chi connectivity index (χ4v) is 5.05. The van der Waals surface area contributed by atoms with E-state index < -0.39 is 29.6 Å². The predicted molar refractivity (Wildman–Crippen MR) is 153 cm³/mol. The van der Waals surface area contributed by atoms with Crippen LogP contribution in [0.15, 0.2) is 35.2 Å². The number of carbonyl (C=O) groups excluding carboxylic acids is 4. The van der Waals surface area contributed by atoms with Gasteiger partial charge in [0.05, 0.1) is 32.8 Å². The van der Waals surface area contributed by atoms with E-state index in [2.05, 4.69) is 33.8 Å². The number of anilines is 1. The number of amides is 3. The Kier molecular flexibility index (Phi) is 10.5. The van der Waals surface area contributed by atoms with Gasteiger partial charge in [0.15, 0.2) is 11.5 Å². The lowest BCUT2D eigenvalue weighted by atomic mass is 10.2. The van der Waals surface area contributed by atoms with Gasteiger partial charge in [0, 0.05) is 5.69 Å². The molecule has 0 atom stereocenters. The molecule has 0 unspecified atom stereocenters. The van der Waals surface area contributed by atoms with Gasteiger partial charge in [-0.15, -0.1) is 6.42 Å². The van der Waals surface area contributed by atoms with Crippen LogP contribution < -0.4 is 14.8 Å². The summed E-state index contributed by atoms with van der Waals surface area (Å²) in [7, 11) is 1.47. The quantitative estimate of drug-likeness (QED) is 0.159. The van der Waals surface area contributed by atoms with Gasteiger partial charge in [-0.1, -0.05) is 24.4 Å². The number of hydrogen-bond acceptors (Lipinski definition) is 8. The van der Waals surface area contributed by atoms with Crippen molar-refractivity contribution in [1.29, 1.82) is 0 Å². The number of hydrogen-bond donors (Lipinski definition) is 1. The minimum absolute atomic E-state index is 0.0624. The second kappa shape index (κ2) is 13.5. The highest BCUT2D eigenvalue weighted by Gasteiger charge is 2.36. The van der Waals surface area contributed by atoms with E-state index in [1.165, 1.54) is 31.4 Å². The minimum Gasteiger partial charge on any atom is -0.493 e. The van der Waals surface area contributed by atoms with Gasteiger partial charge in [-0.05, 0) is 82.7 Å². The van der Waals surface area contributed by atoms with Crippen molar-refractivity contribution in [2.45, 2.75) is 13.3 Å². The van der Waals surface area contributed by atoms with E-state index in [-0.39, 0.29) is 34.4 Å². The van der Waals surface area contributed by atoms with Crippen LogP contribution in [0.25, 0.3) is 6.08 Å². The molecular weight excluding hydrogens is 647 g/mol. The Bertz CT molecular complexity index is 1360. The molecule has 2 aromatic rings. The van der Waals surface area contributed by atoms with Gasteiger partial charge in [0.1, 0.15) is 13.2 Å². The molecule has 3 rings (SSSR count). The Morgan fingerprint density at radius 2 is 2.03 bits per heavy atom. The molecule has 12 heteroatoms. The predicted octanol–water partition coefficient (Wildman–Crippen LogP) is 5.21. The molecule has 38 heavy (non-hydrogen) atoms. The summed E-state index contributed by atoms with van der Waals surface area (Å²) in [6.07, 6.45) is 7.44. The highest BCUT2D eigenvalue weighted by atomic mass is 127. The number of methoxy groups -OCH3 is 1. The molecule has 0 aromatic heterocycles. The number of imide groups is 1. The fourth-order valence-electron chi connectivity index (χ4n) is 3.24. The number of esters is 1. The summed E-state index contributed by atoms with van der Waals surface area (Å²) in [5.41, 5.74) is 0.949. The number of rotatable bonds is 10. The molecule has 0 saturated carbocycles. The van der Waals surface area contributed by atoms with E-state index in [0.717, 1.165) is 16.7 Å². The SMILES string of the molecule is C#CCOc1c(I)cc(/C=C2/SC(=O)N(CC(=O)Nc3ccc(Cl)c(C(=O)OCCC)c3)C2=O)cc1OC. The number of nitrogens with zero attached hydrogens (tertiary/aromatic N) is 1. The monoisotopic (exact) mass is 668 g/mol. The lowest BCUT2D eigenvalue weighted by Gasteiger charge is -2.13. The standard InChI is InChI=1S/C26H22ClIN2O7S/c1-4-8-36-23-19(28)10-15(11-20(23)35-3)12-21-24(32)30(26(34)38-21)14-22(31)29-16-6-7-18(27)17(13-16)25(33)37-9-5-2/h1,6-7,10-13H,5,8-9,14H2,2-3H3,(H,29,31)/b21-12+. The molecule has 1 aliphatic heterocycles. The van der Waals surface area contributed by atoms with Crippen LogP contribution in [0.1, 0.15) is 29.3 Å². The Morgan fingerprint density at radius 3 is 2.71 bits per heavy atom. The smallest absolute Gasteiger partial charge is 0.339 e. The molecule has 3 amide bonds. The maximum absolute atomic E-state index is 12.9. The highest BCUT2D eigenvalue weighted by Crippen LogP contribution is 2.37. The molecule has 0 aliphatic carbocycles. The topological polar surface area (TPSA) is 111 Å². The van der Waals surface area contributed by atoms with Crippen LogP contribution in [0.4, 0.5) is 10.5 Å². The largest absolute Gasteiger partial charge is 0.493 e. The molecule has 9 nitrogen and oxygen atoms in total. The maximum atomic E-state index is 12.9. The first-order valence-corrected chi connectivity index (χ1v) is 13.4. The van der Waals surface area contributed by atoms with Crippen molar-refractivity contribution in [3.05, 3.63) is 55.0 Å². The molecule has 1 heterocycles. The van der Waals surface area contributed by atoms with E-state index in [9.17, 15) is 19.2 Å². The zero-order valence-corrected chi connectivity index (χ0v) is 24.1. The number of benzene rings is 2. The zero-order chi connectivity index (χ0) is 27.8. The van der Waals surface area contributed by atoms with Gasteiger partial charge >= 0.3 is 5.97 Å². The molecule has 2 aromatic carbocycles. The number of thioether (sulfide) groups is 1. The minimum atomic E-state index is -0.630. The van der Waals surface area contributed by atoms with Gasteiger partial charge in [-0.2, -0.15) is 0 Å². The summed E-state index contributed by atoms with van der Waals surface area (Å²) in [6, 6.07) is 7.72. The molecule has 1 N–H and O–H groups in total. The highest BCUT2D eigenvalue weighted by molar-refractivity contribution is 14.1. The van der Waals surface area contributed by atoms with Crippen molar-refractivity contribution >= 4 is 80.7 Å². The molecule has 1 aliphatic rings. The summed E-state index contributed by atoms with van der Waals surface area (Å²) < 4.78 is 16.7. The lowest BCUT2D eigenvalue weighted by Crippen LogP contribution is -2.36. The van der Waals surface area contributed by atoms with Crippen LogP contribution in [-0.4, -0.2) is 54.8 Å². The third kappa shape index (κ3) is 7.21. The summed E-state index contributed by atoms with van der Waals surface area (Å²) in [6.45, 7) is 1.64. The second-order valence-corrected chi connectivity index (χ2v) is 10.2. The van der Waals surface area contributed by atoms with Gasteiger partial charge < -0.3 is 19.5 Å². The third-order valence-corrected chi connectivity index (χ3v) is 6.97. The van der Waals surface area contributed by atoms with E-state index in [0.29, 0.717) is 27.1 Å². The van der Waals surface area contributed by atoms with Crippen molar-refractivity contribution in [2.75, 3.05) is 32.2 Å². The van der Waals surface area contributed by atoms with Crippen LogP contribution in [0.3, 0.4) is 0 Å². The van der Waals surface area contributed by atoms with Crippen molar-refractivity contribution in [1.82, 2.24) is 4.90 Å². The van der Waals surface area contributed by atoms with Crippen molar-refractivity contribution in [3.63, 3.8) is 0 Å². The van der Waals surface area contributed by atoms with Crippen LogP contribution in [0.2, 0.25) is 5.02 Å². The second-order valence-electron chi connectivity index (χ2n) is 7.67. The van der Waals surface area contributed by atoms with Crippen LogP contribution in [0.5, 0.6) is 11.5 Å². The number of carbonyl (C=O) groups is 4. The third-order valence-electron chi connectivity index (χ3n) is 4.93. The molecule has 198 valence electrons. The molecule has 1 fully saturated rings. The van der Waals surface area contributed by atoms with E-state index in [1.807, 2.05) is 6.92 Å². The summed E-state index contributed by atoms with van der Waals surface area (Å²) in [4.78, 5) is 51.3. The first-order chi connectivity index (χ1) is 18.2. The molecular formula is C26H22ClIN2O7S. The summed E-state index contributed by atoms with van der Waals surface area (Å²) in [5, 5.41) is 2.15. The first kappa shape index (κ1) is 29.3. The zero-order valence-electron chi connectivity index (χ0n) is 20.3. The normalized spacial score (nSPS) is 13.9. The Hall–Kier alpha value is -3.21. The summed E-state index contributed by atoms with van der Waals surface area (Å²) in [5.74, 6) is 1.41. The number of terminal acetylenes is 1. The van der Waals surface area contributed by atoms with Gasteiger partial charge in [0.2, 0.25) is 5.91 Å².